The maximum absolute atomic E-state index is 13.2. The van der Waals surface area contributed by atoms with Gasteiger partial charge in [-0.15, -0.1) is 10.2 Å². The van der Waals surface area contributed by atoms with E-state index in [9.17, 15) is 22.5 Å². The summed E-state index contributed by atoms with van der Waals surface area (Å²) in [6, 6.07) is 5.00. The first-order chi connectivity index (χ1) is 15.8. The highest BCUT2D eigenvalue weighted by Crippen LogP contribution is 2.38. The number of nitrogens with one attached hydrogen (secondary N) is 1. The van der Waals surface area contributed by atoms with Crippen LogP contribution in [0.3, 0.4) is 0 Å². The molecule has 0 unspecified atom stereocenters. The first kappa shape index (κ1) is 22.1. The fourth-order valence-corrected chi connectivity index (χ4v) is 5.80. The van der Waals surface area contributed by atoms with E-state index < -0.39 is 27.0 Å². The zero-order chi connectivity index (χ0) is 23.2. The van der Waals surface area contributed by atoms with Gasteiger partial charge in [0.1, 0.15) is 5.54 Å². The number of nitrogens with zero attached hydrogens (tertiary/aromatic N) is 6. The maximum atomic E-state index is 13.2. The molecular formula is C19H19F2N7O3S2. The molecule has 1 aliphatic heterocycles. The van der Waals surface area contributed by atoms with Crippen molar-refractivity contribution >= 4 is 38.0 Å². The number of anilines is 1. The van der Waals surface area contributed by atoms with Gasteiger partial charge in [0.05, 0.1) is 29.3 Å². The third-order valence-electron chi connectivity index (χ3n) is 5.61. The van der Waals surface area contributed by atoms with Crippen molar-refractivity contribution in [2.24, 2.45) is 0 Å². The summed E-state index contributed by atoms with van der Waals surface area (Å²) in [6.45, 7) is 2.28. The zero-order valence-corrected chi connectivity index (χ0v) is 18.9. The average molecular weight is 496 g/mol. The van der Waals surface area contributed by atoms with Crippen molar-refractivity contribution in [3.05, 3.63) is 23.3 Å². The molecule has 1 N–H and O–H groups in total. The largest absolute Gasteiger partial charge is 0.380 e. The van der Waals surface area contributed by atoms with Crippen molar-refractivity contribution in [2.45, 2.75) is 36.1 Å². The van der Waals surface area contributed by atoms with E-state index in [4.69, 9.17) is 4.74 Å². The third-order valence-corrected chi connectivity index (χ3v) is 8.03. The number of benzene rings is 1. The van der Waals surface area contributed by atoms with Gasteiger partial charge in [0.2, 0.25) is 15.2 Å². The molecule has 0 radical (unpaired) electrons. The Morgan fingerprint density at radius 3 is 2.76 bits per heavy atom. The van der Waals surface area contributed by atoms with Crippen LogP contribution in [0.4, 0.5) is 14.5 Å². The van der Waals surface area contributed by atoms with Crippen LogP contribution in [-0.4, -0.2) is 60.2 Å². The second-order valence-electron chi connectivity index (χ2n) is 7.91. The lowest BCUT2D eigenvalue weighted by molar-refractivity contribution is 0.150. The summed E-state index contributed by atoms with van der Waals surface area (Å²) in [5, 5.41) is 21.3. The molecule has 1 saturated carbocycles. The smallest absolute Gasteiger partial charge is 0.291 e. The van der Waals surface area contributed by atoms with Gasteiger partial charge in [-0.25, -0.2) is 21.9 Å². The Hall–Kier alpha value is -2.73. The number of rotatable bonds is 6. The number of aromatic nitrogens is 4. The Labute approximate surface area is 191 Å². The van der Waals surface area contributed by atoms with Crippen LogP contribution in [0.2, 0.25) is 0 Å². The Bertz CT molecular complexity index is 1340. The van der Waals surface area contributed by atoms with Gasteiger partial charge >= 0.3 is 0 Å². The Morgan fingerprint density at radius 1 is 1.24 bits per heavy atom. The summed E-state index contributed by atoms with van der Waals surface area (Å²) >= 11 is 0.682. The van der Waals surface area contributed by atoms with Crippen molar-refractivity contribution in [1.82, 2.24) is 24.7 Å². The van der Waals surface area contributed by atoms with Gasteiger partial charge in [0, 0.05) is 30.8 Å². The normalized spacial score (nSPS) is 18.4. The molecule has 0 amide bonds. The number of hydrogen-bond donors (Lipinski definition) is 1. The lowest BCUT2D eigenvalue weighted by Crippen LogP contribution is -2.35. The van der Waals surface area contributed by atoms with E-state index in [0.29, 0.717) is 67.1 Å². The minimum absolute atomic E-state index is 0.0444. The number of ether oxygens (including phenoxy) is 1. The maximum Gasteiger partial charge on any atom is 0.291 e. The number of alkyl halides is 2. The van der Waals surface area contributed by atoms with Gasteiger partial charge in [-0.1, -0.05) is 11.3 Å². The molecule has 2 fully saturated rings. The fraction of sp³-hybridized carbons (Fsp3) is 0.474. The molecule has 3 heterocycles. The minimum Gasteiger partial charge on any atom is -0.380 e. The van der Waals surface area contributed by atoms with Gasteiger partial charge in [-0.3, -0.25) is 0 Å². The van der Waals surface area contributed by atoms with Crippen molar-refractivity contribution < 1.29 is 21.9 Å². The molecule has 1 aromatic carbocycles. The minimum atomic E-state index is -4.04. The fourth-order valence-electron chi connectivity index (χ4n) is 3.72. The van der Waals surface area contributed by atoms with Crippen LogP contribution in [0.5, 0.6) is 0 Å². The predicted molar refractivity (Wildman–Crippen MR) is 115 cm³/mol. The van der Waals surface area contributed by atoms with Gasteiger partial charge in [-0.2, -0.15) is 15.1 Å². The van der Waals surface area contributed by atoms with Gasteiger partial charge in [-0.05, 0) is 31.4 Å². The SMILES string of the molecule is N#CC1(NS(=O)(=O)c2cc(N3CCCOCC3)c3cnn(-c4nnc(C(F)F)s4)c3c2)CC1. The predicted octanol–water partition coefficient (Wildman–Crippen LogP) is 2.38. The van der Waals surface area contributed by atoms with E-state index in [1.807, 2.05) is 11.0 Å². The van der Waals surface area contributed by atoms with Crippen LogP contribution in [0, 0.1) is 11.3 Å². The summed E-state index contributed by atoms with van der Waals surface area (Å²) in [5.41, 5.74) is -0.0717. The number of fused-ring (bicyclic) bond motifs is 1. The molecule has 174 valence electrons. The van der Waals surface area contributed by atoms with E-state index >= 15 is 0 Å². The van der Waals surface area contributed by atoms with Crippen LogP contribution in [0.1, 0.15) is 30.7 Å². The van der Waals surface area contributed by atoms with Crippen LogP contribution >= 0.6 is 11.3 Å². The van der Waals surface area contributed by atoms with Crippen LogP contribution in [0.15, 0.2) is 23.2 Å². The summed E-state index contributed by atoms with van der Waals surface area (Å²) < 4.78 is 61.8. The molecule has 5 rings (SSSR count). The lowest BCUT2D eigenvalue weighted by atomic mass is 10.2. The van der Waals surface area contributed by atoms with Crippen molar-refractivity contribution in [3.8, 4) is 11.2 Å². The molecule has 1 saturated heterocycles. The Kier molecular flexibility index (Phi) is 5.52. The van der Waals surface area contributed by atoms with E-state index in [1.54, 1.807) is 12.3 Å². The third kappa shape index (κ3) is 4.17. The summed E-state index contributed by atoms with van der Waals surface area (Å²) in [7, 11) is -4.04. The lowest BCUT2D eigenvalue weighted by Gasteiger charge is -2.24. The number of nitriles is 1. The quantitative estimate of drug-likeness (QED) is 0.552. The topological polar surface area (TPSA) is 126 Å². The van der Waals surface area contributed by atoms with Crippen molar-refractivity contribution in [1.29, 1.82) is 5.26 Å². The molecule has 33 heavy (non-hydrogen) atoms. The van der Waals surface area contributed by atoms with E-state index in [1.165, 1.54) is 10.7 Å². The Balaban J connectivity index is 1.66. The molecule has 3 aromatic rings. The number of halogens is 2. The highest BCUT2D eigenvalue weighted by molar-refractivity contribution is 7.89. The molecule has 2 aliphatic rings. The van der Waals surface area contributed by atoms with Gasteiger partial charge < -0.3 is 9.64 Å². The van der Waals surface area contributed by atoms with Crippen molar-refractivity contribution in [3.63, 3.8) is 0 Å². The average Bonchev–Trinajstić information content (AvgIpc) is 3.27. The summed E-state index contributed by atoms with van der Waals surface area (Å²) in [4.78, 5) is 1.97. The Morgan fingerprint density at radius 2 is 2.06 bits per heavy atom. The molecule has 0 atom stereocenters. The molecule has 1 aliphatic carbocycles. The number of hydrogen-bond acceptors (Lipinski definition) is 9. The molecule has 2 aromatic heterocycles. The molecular weight excluding hydrogens is 476 g/mol. The van der Waals surface area contributed by atoms with Gasteiger partial charge in [0.25, 0.3) is 6.43 Å². The van der Waals surface area contributed by atoms with Crippen LogP contribution in [-0.2, 0) is 14.8 Å². The highest BCUT2D eigenvalue weighted by atomic mass is 32.2. The first-order valence-corrected chi connectivity index (χ1v) is 12.5. The first-order valence-electron chi connectivity index (χ1n) is 10.2. The molecule has 10 nitrogen and oxygen atoms in total. The molecule has 14 heteroatoms. The summed E-state index contributed by atoms with van der Waals surface area (Å²) in [6.07, 6.45) is 0.435. The second kappa shape index (κ2) is 8.24. The monoisotopic (exact) mass is 495 g/mol. The van der Waals surface area contributed by atoms with E-state index in [2.05, 4.69) is 20.0 Å². The second-order valence-corrected chi connectivity index (χ2v) is 10.6. The van der Waals surface area contributed by atoms with Crippen LogP contribution < -0.4 is 9.62 Å². The zero-order valence-electron chi connectivity index (χ0n) is 17.2. The molecule has 0 bridgehead atoms. The van der Waals surface area contributed by atoms with E-state index in [-0.39, 0.29) is 10.0 Å². The van der Waals surface area contributed by atoms with Crippen molar-refractivity contribution in [2.75, 3.05) is 31.2 Å². The van der Waals surface area contributed by atoms with E-state index in [0.717, 1.165) is 6.42 Å². The standard InChI is InChI=1S/C19H19F2N7O3S2/c20-16(21)17-24-25-18(32-17)28-15-9-12(33(29,30)26-19(11-22)2-3-19)8-14(13(15)10-23-28)27-4-1-6-31-7-5-27/h8-10,16,26H,1-7H2. The van der Waals surface area contributed by atoms with Gasteiger partial charge in [0.15, 0.2) is 5.01 Å². The number of sulfonamides is 1. The highest BCUT2D eigenvalue weighted by Gasteiger charge is 2.47. The summed E-state index contributed by atoms with van der Waals surface area (Å²) in [5.74, 6) is 0. The van der Waals surface area contributed by atoms with Crippen LogP contribution in [0.25, 0.3) is 16.0 Å². The molecule has 0 spiro atoms.